The first-order valence-corrected chi connectivity index (χ1v) is 9.64. The van der Waals surface area contributed by atoms with Crippen LogP contribution in [0.25, 0.3) is 11.1 Å². The van der Waals surface area contributed by atoms with Gasteiger partial charge in [0.2, 0.25) is 0 Å². The topological polar surface area (TPSA) is 78.4 Å². The number of carboxylic acids is 1. The van der Waals surface area contributed by atoms with Crippen molar-refractivity contribution in [1.82, 2.24) is 5.32 Å². The Labute approximate surface area is 169 Å². The number of carboxylic acid groups (broad SMARTS) is 1. The number of hydrogen-bond acceptors (Lipinski definition) is 3. The van der Waals surface area contributed by atoms with Crippen LogP contribution < -0.4 is 10.6 Å². The summed E-state index contributed by atoms with van der Waals surface area (Å²) in [7, 11) is 0. The summed E-state index contributed by atoms with van der Waals surface area (Å²) in [5.41, 5.74) is 8.05. The fourth-order valence-corrected chi connectivity index (χ4v) is 3.64. The van der Waals surface area contributed by atoms with Gasteiger partial charge in [0.15, 0.2) is 0 Å². The second-order valence-corrected chi connectivity index (χ2v) is 7.16. The van der Waals surface area contributed by atoms with E-state index in [2.05, 4.69) is 53.1 Å². The van der Waals surface area contributed by atoms with Crippen molar-refractivity contribution in [3.8, 4) is 11.1 Å². The van der Waals surface area contributed by atoms with E-state index in [0.717, 1.165) is 12.1 Å². The zero-order chi connectivity index (χ0) is 20.2. The van der Waals surface area contributed by atoms with Crippen LogP contribution >= 0.6 is 0 Å². The van der Waals surface area contributed by atoms with Crippen molar-refractivity contribution in [2.24, 2.45) is 0 Å². The molecule has 0 heterocycles. The Hall–Kier alpha value is -3.60. The standard InChI is InChI=1S/C24H22N2O3/c27-23(28)11-12-25-24(29)17-6-8-20(9-7-17)26-15-16-5-10-22-19(13-16)14-18-3-1-2-4-21(18)22/h1-10,13,26H,11-12,14-15H2,(H,25,29)(H,27,28). The van der Waals surface area contributed by atoms with Gasteiger partial charge in [0.1, 0.15) is 0 Å². The average Bonchev–Trinajstić information content (AvgIpc) is 3.10. The second kappa shape index (κ2) is 8.19. The van der Waals surface area contributed by atoms with Crippen LogP contribution in [0.4, 0.5) is 5.69 Å². The number of fused-ring (bicyclic) bond motifs is 3. The highest BCUT2D eigenvalue weighted by molar-refractivity contribution is 5.94. The Morgan fingerprint density at radius 3 is 2.45 bits per heavy atom. The summed E-state index contributed by atoms with van der Waals surface area (Å²) in [5, 5.41) is 14.6. The summed E-state index contributed by atoms with van der Waals surface area (Å²) < 4.78 is 0. The molecule has 0 radical (unpaired) electrons. The summed E-state index contributed by atoms with van der Waals surface area (Å²) in [6, 6.07) is 22.3. The molecule has 0 unspecified atom stereocenters. The third-order valence-corrected chi connectivity index (χ3v) is 5.13. The van der Waals surface area contributed by atoms with Gasteiger partial charge < -0.3 is 15.7 Å². The summed E-state index contributed by atoms with van der Waals surface area (Å²) in [6.45, 7) is 0.824. The number of amides is 1. The van der Waals surface area contributed by atoms with E-state index in [1.165, 1.54) is 27.8 Å². The molecule has 4 rings (SSSR count). The number of benzene rings is 3. The molecule has 1 aliphatic rings. The number of carbonyl (C=O) groups excluding carboxylic acids is 1. The fourth-order valence-electron chi connectivity index (χ4n) is 3.64. The van der Waals surface area contributed by atoms with Crippen molar-refractivity contribution in [3.05, 3.63) is 89.0 Å². The maximum atomic E-state index is 12.0. The van der Waals surface area contributed by atoms with E-state index in [9.17, 15) is 9.59 Å². The van der Waals surface area contributed by atoms with Gasteiger partial charge in [-0.25, -0.2) is 0 Å². The van der Waals surface area contributed by atoms with Gasteiger partial charge in [-0.3, -0.25) is 9.59 Å². The zero-order valence-electron chi connectivity index (χ0n) is 15.9. The van der Waals surface area contributed by atoms with Crippen molar-refractivity contribution in [2.45, 2.75) is 19.4 Å². The van der Waals surface area contributed by atoms with E-state index in [-0.39, 0.29) is 18.9 Å². The van der Waals surface area contributed by atoms with Crippen LogP contribution in [-0.4, -0.2) is 23.5 Å². The highest BCUT2D eigenvalue weighted by atomic mass is 16.4. The maximum absolute atomic E-state index is 12.0. The van der Waals surface area contributed by atoms with Crippen LogP contribution in [0.3, 0.4) is 0 Å². The molecule has 5 nitrogen and oxygen atoms in total. The molecule has 0 saturated heterocycles. The summed E-state index contributed by atoms with van der Waals surface area (Å²) in [6.07, 6.45) is 0.891. The Morgan fingerprint density at radius 2 is 1.66 bits per heavy atom. The van der Waals surface area contributed by atoms with E-state index in [1.54, 1.807) is 12.1 Å². The minimum absolute atomic E-state index is 0.0861. The van der Waals surface area contributed by atoms with E-state index in [1.807, 2.05) is 12.1 Å². The van der Waals surface area contributed by atoms with Crippen LogP contribution in [0.2, 0.25) is 0 Å². The first-order chi connectivity index (χ1) is 14.1. The molecule has 0 atom stereocenters. The van der Waals surface area contributed by atoms with Gasteiger partial charge in [-0.1, -0.05) is 42.5 Å². The van der Waals surface area contributed by atoms with Gasteiger partial charge in [0.25, 0.3) is 5.91 Å². The predicted octanol–water partition coefficient (Wildman–Crippen LogP) is 4.07. The number of anilines is 1. The number of carbonyl (C=O) groups is 2. The normalized spacial score (nSPS) is 11.4. The van der Waals surface area contributed by atoms with Crippen molar-refractivity contribution in [1.29, 1.82) is 0 Å². The lowest BCUT2D eigenvalue weighted by molar-refractivity contribution is -0.136. The Morgan fingerprint density at radius 1 is 0.897 bits per heavy atom. The van der Waals surface area contributed by atoms with Crippen LogP contribution in [0.15, 0.2) is 66.7 Å². The van der Waals surface area contributed by atoms with Gasteiger partial charge in [0.05, 0.1) is 6.42 Å². The summed E-state index contributed by atoms with van der Waals surface area (Å²) in [5.74, 6) is -1.20. The minimum atomic E-state index is -0.930. The van der Waals surface area contributed by atoms with Gasteiger partial charge in [-0.15, -0.1) is 0 Å². The molecule has 1 amide bonds. The molecule has 3 N–H and O–H groups in total. The highest BCUT2D eigenvalue weighted by Gasteiger charge is 2.17. The number of hydrogen-bond donors (Lipinski definition) is 3. The summed E-state index contributed by atoms with van der Waals surface area (Å²) in [4.78, 5) is 22.5. The molecule has 5 heteroatoms. The van der Waals surface area contributed by atoms with E-state index >= 15 is 0 Å². The lowest BCUT2D eigenvalue weighted by Crippen LogP contribution is -2.25. The quantitative estimate of drug-likeness (QED) is 0.447. The monoisotopic (exact) mass is 386 g/mol. The maximum Gasteiger partial charge on any atom is 0.305 e. The Bertz CT molecular complexity index is 1060. The lowest BCUT2D eigenvalue weighted by Gasteiger charge is -2.10. The van der Waals surface area contributed by atoms with Crippen molar-refractivity contribution < 1.29 is 14.7 Å². The molecule has 0 aliphatic heterocycles. The number of rotatable bonds is 7. The third-order valence-electron chi connectivity index (χ3n) is 5.13. The Balaban J connectivity index is 1.35. The third kappa shape index (κ3) is 4.29. The lowest BCUT2D eigenvalue weighted by atomic mass is 10.0. The van der Waals surface area contributed by atoms with Crippen LogP contribution in [0.1, 0.15) is 33.5 Å². The molecular formula is C24H22N2O3. The molecule has 146 valence electrons. The fraction of sp³-hybridized carbons (Fsp3) is 0.167. The van der Waals surface area contributed by atoms with Crippen molar-refractivity contribution in [3.63, 3.8) is 0 Å². The summed E-state index contributed by atoms with van der Waals surface area (Å²) >= 11 is 0. The first kappa shape index (κ1) is 18.7. The molecule has 3 aromatic rings. The van der Waals surface area contributed by atoms with E-state index in [4.69, 9.17) is 5.11 Å². The predicted molar refractivity (Wildman–Crippen MR) is 113 cm³/mol. The van der Waals surface area contributed by atoms with Gasteiger partial charge in [0, 0.05) is 24.3 Å². The van der Waals surface area contributed by atoms with E-state index < -0.39 is 5.97 Å². The van der Waals surface area contributed by atoms with Gasteiger partial charge >= 0.3 is 5.97 Å². The number of aliphatic carboxylic acids is 1. The smallest absolute Gasteiger partial charge is 0.305 e. The van der Waals surface area contributed by atoms with Gasteiger partial charge in [-0.2, -0.15) is 0 Å². The molecule has 0 spiro atoms. The minimum Gasteiger partial charge on any atom is -0.481 e. The molecule has 1 aliphatic carbocycles. The largest absolute Gasteiger partial charge is 0.481 e. The van der Waals surface area contributed by atoms with Crippen molar-refractivity contribution >= 4 is 17.6 Å². The zero-order valence-corrected chi connectivity index (χ0v) is 15.9. The van der Waals surface area contributed by atoms with Gasteiger partial charge in [-0.05, 0) is 58.5 Å². The van der Waals surface area contributed by atoms with Crippen LogP contribution in [0.5, 0.6) is 0 Å². The first-order valence-electron chi connectivity index (χ1n) is 9.64. The molecule has 0 saturated carbocycles. The molecule has 0 bridgehead atoms. The molecular weight excluding hydrogens is 364 g/mol. The average molecular weight is 386 g/mol. The van der Waals surface area contributed by atoms with Crippen LogP contribution in [-0.2, 0) is 17.8 Å². The van der Waals surface area contributed by atoms with E-state index in [0.29, 0.717) is 12.1 Å². The molecule has 3 aromatic carbocycles. The van der Waals surface area contributed by atoms with Crippen LogP contribution in [0, 0.1) is 0 Å². The Kier molecular flexibility index (Phi) is 5.29. The highest BCUT2D eigenvalue weighted by Crippen LogP contribution is 2.36. The van der Waals surface area contributed by atoms with Crippen molar-refractivity contribution in [2.75, 3.05) is 11.9 Å². The number of nitrogens with one attached hydrogen (secondary N) is 2. The SMILES string of the molecule is O=C(O)CCNC(=O)c1ccc(NCc2ccc3c(c2)Cc2ccccc2-3)cc1. The molecule has 29 heavy (non-hydrogen) atoms. The molecule has 0 aromatic heterocycles. The second-order valence-electron chi connectivity index (χ2n) is 7.16. The molecule has 0 fully saturated rings.